The summed E-state index contributed by atoms with van der Waals surface area (Å²) in [6.45, 7) is 1.61. The Kier molecular flexibility index (Phi) is 3.38. The lowest BCUT2D eigenvalue weighted by atomic mass is 10.2. The van der Waals surface area contributed by atoms with E-state index in [0.717, 1.165) is 0 Å². The van der Waals surface area contributed by atoms with Gasteiger partial charge in [-0.2, -0.15) is 13.2 Å². The van der Waals surface area contributed by atoms with Gasteiger partial charge in [-0.05, 0) is 24.6 Å². The van der Waals surface area contributed by atoms with Crippen molar-refractivity contribution in [3.63, 3.8) is 0 Å². The maximum Gasteiger partial charge on any atom is 0.471 e. The average molecular weight is 282 g/mol. The van der Waals surface area contributed by atoms with Crippen molar-refractivity contribution < 1.29 is 18.0 Å². The highest BCUT2D eigenvalue weighted by molar-refractivity contribution is 9.10. The summed E-state index contributed by atoms with van der Waals surface area (Å²) in [5.41, 5.74) is 0.711. The van der Waals surface area contributed by atoms with Gasteiger partial charge in [0, 0.05) is 10.2 Å². The zero-order valence-electron chi connectivity index (χ0n) is 7.65. The molecule has 1 rings (SSSR count). The molecule has 0 aliphatic rings. The van der Waals surface area contributed by atoms with E-state index in [4.69, 9.17) is 0 Å². The molecule has 0 unspecified atom stereocenters. The van der Waals surface area contributed by atoms with Crippen LogP contribution >= 0.6 is 15.9 Å². The summed E-state index contributed by atoms with van der Waals surface area (Å²) in [7, 11) is 0. The van der Waals surface area contributed by atoms with Gasteiger partial charge in [-0.25, -0.2) is 0 Å². The van der Waals surface area contributed by atoms with Crippen LogP contribution in [0.25, 0.3) is 0 Å². The molecule has 0 saturated carbocycles. The van der Waals surface area contributed by atoms with Crippen molar-refractivity contribution in [1.82, 2.24) is 0 Å². The molecule has 0 radical (unpaired) electrons. The monoisotopic (exact) mass is 281 g/mol. The number of halogens is 4. The number of amides is 1. The van der Waals surface area contributed by atoms with E-state index in [2.05, 4.69) is 15.9 Å². The Hall–Kier alpha value is -1.04. The normalized spacial score (nSPS) is 11.3. The third kappa shape index (κ3) is 3.23. The van der Waals surface area contributed by atoms with Crippen molar-refractivity contribution in [3.05, 3.63) is 28.2 Å². The molecule has 0 aliphatic heterocycles. The quantitative estimate of drug-likeness (QED) is 0.841. The summed E-state index contributed by atoms with van der Waals surface area (Å²) in [5, 5.41) is 1.80. The van der Waals surface area contributed by atoms with Crippen LogP contribution in [-0.4, -0.2) is 12.1 Å². The molecule has 1 aromatic carbocycles. The van der Waals surface area contributed by atoms with Gasteiger partial charge >= 0.3 is 12.1 Å². The van der Waals surface area contributed by atoms with Crippen LogP contribution in [0.15, 0.2) is 22.7 Å². The average Bonchev–Trinajstić information content (AvgIpc) is 2.09. The largest absolute Gasteiger partial charge is 0.471 e. The van der Waals surface area contributed by atoms with Gasteiger partial charge in [-0.15, -0.1) is 0 Å². The predicted molar refractivity (Wildman–Crippen MR) is 53.6 cm³/mol. The zero-order valence-corrected chi connectivity index (χ0v) is 9.24. The van der Waals surface area contributed by atoms with E-state index in [0.29, 0.717) is 10.0 Å². The summed E-state index contributed by atoms with van der Waals surface area (Å²) in [6.07, 6.45) is -4.87. The van der Waals surface area contributed by atoms with Gasteiger partial charge in [0.25, 0.3) is 0 Å². The number of aryl methyl sites for hydroxylation is 1. The second-order valence-electron chi connectivity index (χ2n) is 2.91. The molecule has 0 heterocycles. The number of nitrogens with one attached hydrogen (secondary N) is 1. The highest BCUT2D eigenvalue weighted by atomic mass is 79.9. The molecule has 1 N–H and O–H groups in total. The van der Waals surface area contributed by atoms with Gasteiger partial charge in [0.15, 0.2) is 0 Å². The number of hydrogen-bond acceptors (Lipinski definition) is 1. The maximum atomic E-state index is 11.9. The highest BCUT2D eigenvalue weighted by Crippen LogP contribution is 2.23. The first-order valence-corrected chi connectivity index (χ1v) is 4.74. The molecule has 0 saturated heterocycles. The van der Waals surface area contributed by atoms with Gasteiger partial charge in [0.1, 0.15) is 0 Å². The number of carbonyl (C=O) groups is 1. The van der Waals surface area contributed by atoms with Crippen LogP contribution < -0.4 is 5.32 Å². The number of alkyl halides is 3. The van der Waals surface area contributed by atoms with Crippen molar-refractivity contribution in [2.45, 2.75) is 13.1 Å². The second kappa shape index (κ2) is 4.22. The first-order chi connectivity index (χ1) is 6.80. The minimum Gasteiger partial charge on any atom is -0.318 e. The number of anilines is 1. The van der Waals surface area contributed by atoms with E-state index < -0.39 is 12.1 Å². The van der Waals surface area contributed by atoms with E-state index in [1.54, 1.807) is 24.4 Å². The third-order valence-corrected chi connectivity index (χ3v) is 2.20. The van der Waals surface area contributed by atoms with Crippen molar-refractivity contribution in [2.75, 3.05) is 5.32 Å². The van der Waals surface area contributed by atoms with Gasteiger partial charge in [-0.1, -0.05) is 22.0 Å². The molecular formula is C9H7BrF3NO. The first kappa shape index (κ1) is 12.0. The van der Waals surface area contributed by atoms with Crippen LogP contribution in [0.3, 0.4) is 0 Å². The van der Waals surface area contributed by atoms with Crippen molar-refractivity contribution in [2.24, 2.45) is 0 Å². The summed E-state index contributed by atoms with van der Waals surface area (Å²) in [6, 6.07) is 4.70. The molecule has 2 nitrogen and oxygen atoms in total. The van der Waals surface area contributed by atoms with Crippen LogP contribution in [0.4, 0.5) is 18.9 Å². The molecule has 15 heavy (non-hydrogen) atoms. The molecule has 82 valence electrons. The fourth-order valence-electron chi connectivity index (χ4n) is 0.922. The second-order valence-corrected chi connectivity index (χ2v) is 3.83. The Labute approximate surface area is 92.6 Å². The topological polar surface area (TPSA) is 29.1 Å². The van der Waals surface area contributed by atoms with E-state index in [-0.39, 0.29) is 5.69 Å². The standard InChI is InChI=1S/C9H7BrF3NO/c1-5-2-3-6(10)4-7(5)14-8(15)9(11,12)13/h2-4H,1H3,(H,14,15). The fourth-order valence-corrected chi connectivity index (χ4v) is 1.28. The molecule has 0 fully saturated rings. The molecule has 0 aliphatic carbocycles. The van der Waals surface area contributed by atoms with Crippen molar-refractivity contribution in [1.29, 1.82) is 0 Å². The Morgan fingerprint density at radius 3 is 2.53 bits per heavy atom. The minimum absolute atomic E-state index is 0.145. The molecule has 6 heteroatoms. The van der Waals surface area contributed by atoms with E-state index >= 15 is 0 Å². The summed E-state index contributed by atoms with van der Waals surface area (Å²) < 4.78 is 36.4. The Balaban J connectivity index is 2.90. The predicted octanol–water partition coefficient (Wildman–Crippen LogP) is 3.26. The Morgan fingerprint density at radius 2 is 2.00 bits per heavy atom. The molecular weight excluding hydrogens is 275 g/mol. The number of hydrogen-bond donors (Lipinski definition) is 1. The first-order valence-electron chi connectivity index (χ1n) is 3.95. The molecule has 0 spiro atoms. The van der Waals surface area contributed by atoms with Crippen LogP contribution in [0, 0.1) is 6.92 Å². The van der Waals surface area contributed by atoms with Gasteiger partial charge in [0.05, 0.1) is 0 Å². The Morgan fingerprint density at radius 1 is 1.40 bits per heavy atom. The van der Waals surface area contributed by atoms with E-state index in [1.807, 2.05) is 0 Å². The van der Waals surface area contributed by atoms with E-state index in [9.17, 15) is 18.0 Å². The third-order valence-electron chi connectivity index (χ3n) is 1.71. The lowest BCUT2D eigenvalue weighted by molar-refractivity contribution is -0.167. The summed E-state index contributed by atoms with van der Waals surface area (Å²) >= 11 is 3.10. The minimum atomic E-state index is -4.87. The molecule has 1 amide bonds. The van der Waals surface area contributed by atoms with Gasteiger partial charge < -0.3 is 5.32 Å². The lowest BCUT2D eigenvalue weighted by Crippen LogP contribution is -2.30. The maximum absolute atomic E-state index is 11.9. The zero-order chi connectivity index (χ0) is 11.6. The number of rotatable bonds is 1. The van der Waals surface area contributed by atoms with Gasteiger partial charge in [-0.3, -0.25) is 4.79 Å². The molecule has 0 atom stereocenters. The Bertz CT molecular complexity index is 389. The number of carbonyl (C=O) groups excluding carboxylic acids is 1. The smallest absolute Gasteiger partial charge is 0.318 e. The highest BCUT2D eigenvalue weighted by Gasteiger charge is 2.38. The van der Waals surface area contributed by atoms with E-state index in [1.165, 1.54) is 6.07 Å². The van der Waals surface area contributed by atoms with Crippen LogP contribution in [-0.2, 0) is 4.79 Å². The van der Waals surface area contributed by atoms with Crippen molar-refractivity contribution in [3.8, 4) is 0 Å². The van der Waals surface area contributed by atoms with Crippen LogP contribution in [0.5, 0.6) is 0 Å². The molecule has 1 aromatic rings. The fraction of sp³-hybridized carbons (Fsp3) is 0.222. The number of benzene rings is 1. The molecule has 0 bridgehead atoms. The molecule has 0 aromatic heterocycles. The van der Waals surface area contributed by atoms with Gasteiger partial charge in [0.2, 0.25) is 0 Å². The summed E-state index contributed by atoms with van der Waals surface area (Å²) in [5.74, 6) is -1.97. The van der Waals surface area contributed by atoms with Crippen LogP contribution in [0.2, 0.25) is 0 Å². The SMILES string of the molecule is Cc1ccc(Br)cc1NC(=O)C(F)(F)F. The summed E-state index contributed by atoms with van der Waals surface area (Å²) in [4.78, 5) is 10.6. The lowest BCUT2D eigenvalue weighted by Gasteiger charge is -2.10. The van der Waals surface area contributed by atoms with Crippen molar-refractivity contribution >= 4 is 27.5 Å². The van der Waals surface area contributed by atoms with Crippen LogP contribution in [0.1, 0.15) is 5.56 Å².